The monoisotopic (exact) mass is 228 g/mol. The molecule has 1 aromatic heterocycles. The molecule has 0 spiro atoms. The van der Waals surface area contributed by atoms with Crippen molar-refractivity contribution in [3.05, 3.63) is 11.4 Å². The second-order valence-electron chi connectivity index (χ2n) is 4.95. The van der Waals surface area contributed by atoms with E-state index in [9.17, 15) is 0 Å². The van der Waals surface area contributed by atoms with Crippen LogP contribution in [0, 0.1) is 13.7 Å². The van der Waals surface area contributed by atoms with Crippen LogP contribution in [-0.2, 0) is 9.31 Å². The number of nitrogens with one attached hydrogen (secondary N) is 1. The van der Waals surface area contributed by atoms with E-state index in [0.717, 1.165) is 0 Å². The second kappa shape index (κ2) is 3.34. The van der Waals surface area contributed by atoms with Gasteiger partial charge < -0.3 is 9.31 Å². The third kappa shape index (κ3) is 1.58. The Bertz CT molecular complexity index is 531. The molecule has 0 atom stereocenters. The third-order valence-electron chi connectivity index (χ3n) is 3.29. The molecule has 1 N–H and O–H groups in total. The maximum Gasteiger partial charge on any atom is 0.498 e. The summed E-state index contributed by atoms with van der Waals surface area (Å²) >= 11 is 0. The standard InChI is InChI=1S/C11H19BN2O2/c1-7-9(8(2)14-13-7)12-15-10(3,4)11(5,6)16-12/h1-6H3,(H,13,14)/i1D3,2D3. The Morgan fingerprint density at radius 1 is 1.19 bits per heavy atom. The summed E-state index contributed by atoms with van der Waals surface area (Å²) in [6.07, 6.45) is 0. The minimum absolute atomic E-state index is 0.0568. The van der Waals surface area contributed by atoms with Crippen molar-refractivity contribution in [1.82, 2.24) is 10.2 Å². The maximum absolute atomic E-state index is 7.56. The van der Waals surface area contributed by atoms with Crippen molar-refractivity contribution in [2.45, 2.75) is 52.6 Å². The van der Waals surface area contributed by atoms with Crippen LogP contribution in [0.15, 0.2) is 0 Å². The zero-order chi connectivity index (χ0) is 17.1. The van der Waals surface area contributed by atoms with E-state index in [0.29, 0.717) is 0 Å². The van der Waals surface area contributed by atoms with Gasteiger partial charge >= 0.3 is 7.12 Å². The first-order valence-electron chi connectivity index (χ1n) is 8.12. The van der Waals surface area contributed by atoms with Crippen LogP contribution in [0.3, 0.4) is 0 Å². The Morgan fingerprint density at radius 3 is 2.31 bits per heavy atom. The molecule has 4 nitrogen and oxygen atoms in total. The minimum atomic E-state index is -2.57. The Kier molecular flexibility index (Phi) is 1.30. The Morgan fingerprint density at radius 2 is 1.81 bits per heavy atom. The van der Waals surface area contributed by atoms with Gasteiger partial charge in [0.15, 0.2) is 0 Å². The first-order chi connectivity index (χ1) is 9.67. The topological polar surface area (TPSA) is 47.1 Å². The Balaban J connectivity index is 2.57. The van der Waals surface area contributed by atoms with Crippen LogP contribution in [0.25, 0.3) is 0 Å². The van der Waals surface area contributed by atoms with Crippen LogP contribution < -0.4 is 5.46 Å². The van der Waals surface area contributed by atoms with Crippen molar-refractivity contribution in [2.75, 3.05) is 0 Å². The lowest BCUT2D eigenvalue weighted by Gasteiger charge is -2.32. The van der Waals surface area contributed by atoms with Crippen LogP contribution in [0.5, 0.6) is 0 Å². The zero-order valence-electron chi connectivity index (χ0n) is 15.8. The van der Waals surface area contributed by atoms with Crippen LogP contribution in [0.1, 0.15) is 47.3 Å². The molecule has 1 aromatic rings. The Labute approximate surface area is 105 Å². The van der Waals surface area contributed by atoms with Gasteiger partial charge in [-0.3, -0.25) is 5.10 Å². The number of rotatable bonds is 1. The molecule has 0 radical (unpaired) electrons. The molecule has 1 aliphatic heterocycles. The van der Waals surface area contributed by atoms with Crippen molar-refractivity contribution < 1.29 is 17.5 Å². The lowest BCUT2D eigenvalue weighted by atomic mass is 9.77. The van der Waals surface area contributed by atoms with E-state index < -0.39 is 32.0 Å². The number of nitrogens with zero attached hydrogens (tertiary/aromatic N) is 1. The number of aromatic nitrogens is 2. The first kappa shape index (κ1) is 6.22. The summed E-state index contributed by atoms with van der Waals surface area (Å²) in [5.74, 6) is 0. The molecule has 16 heavy (non-hydrogen) atoms. The first-order valence-corrected chi connectivity index (χ1v) is 5.12. The summed E-state index contributed by atoms with van der Waals surface area (Å²) < 4.78 is 56.9. The van der Waals surface area contributed by atoms with E-state index in [-0.39, 0.29) is 16.9 Å². The highest BCUT2D eigenvalue weighted by Crippen LogP contribution is 2.36. The van der Waals surface area contributed by atoms with Gasteiger partial charge in [0, 0.05) is 19.4 Å². The summed E-state index contributed by atoms with van der Waals surface area (Å²) in [5, 5.41) is 6.01. The number of aromatic amines is 1. The predicted octanol–water partition coefficient (Wildman–Crippen LogP) is 1.33. The fourth-order valence-electron chi connectivity index (χ4n) is 1.54. The van der Waals surface area contributed by atoms with E-state index >= 15 is 0 Å². The van der Waals surface area contributed by atoms with Gasteiger partial charge in [-0.2, -0.15) is 5.10 Å². The molecular formula is C11H19BN2O2. The second-order valence-corrected chi connectivity index (χ2v) is 4.95. The molecular weight excluding hydrogens is 203 g/mol. The third-order valence-corrected chi connectivity index (χ3v) is 3.29. The predicted molar refractivity (Wildman–Crippen MR) is 63.8 cm³/mol. The van der Waals surface area contributed by atoms with Crippen molar-refractivity contribution in [3.8, 4) is 0 Å². The van der Waals surface area contributed by atoms with Gasteiger partial charge in [0.1, 0.15) is 0 Å². The van der Waals surface area contributed by atoms with E-state index in [1.165, 1.54) is 0 Å². The highest BCUT2D eigenvalue weighted by atomic mass is 16.7. The molecule has 88 valence electrons. The molecule has 5 heteroatoms. The van der Waals surface area contributed by atoms with E-state index in [1.807, 2.05) is 0 Å². The van der Waals surface area contributed by atoms with Crippen molar-refractivity contribution >= 4 is 12.6 Å². The average molecular weight is 228 g/mol. The quantitative estimate of drug-likeness (QED) is 0.737. The van der Waals surface area contributed by atoms with E-state index in [1.54, 1.807) is 27.7 Å². The number of H-pyrrole nitrogens is 1. The molecule has 1 fully saturated rings. The van der Waals surface area contributed by atoms with Crippen molar-refractivity contribution in [1.29, 1.82) is 0 Å². The van der Waals surface area contributed by atoms with E-state index in [4.69, 9.17) is 17.5 Å². The molecule has 0 aromatic carbocycles. The van der Waals surface area contributed by atoms with Gasteiger partial charge in [-0.15, -0.1) is 0 Å². The molecule has 0 aliphatic carbocycles. The lowest BCUT2D eigenvalue weighted by Crippen LogP contribution is -2.41. The summed E-state index contributed by atoms with van der Waals surface area (Å²) in [4.78, 5) is 0. The van der Waals surface area contributed by atoms with Crippen LogP contribution in [0.2, 0.25) is 0 Å². The molecule has 1 aliphatic rings. The van der Waals surface area contributed by atoms with Crippen molar-refractivity contribution in [3.63, 3.8) is 0 Å². The largest absolute Gasteiger partial charge is 0.498 e. The maximum atomic E-state index is 7.56. The summed E-state index contributed by atoms with van der Waals surface area (Å²) in [6.45, 7) is 2.09. The van der Waals surface area contributed by atoms with Gasteiger partial charge in [-0.05, 0) is 41.4 Å². The molecule has 2 rings (SSSR count). The molecule has 1 saturated heterocycles. The fourth-order valence-corrected chi connectivity index (χ4v) is 1.54. The van der Waals surface area contributed by atoms with Crippen LogP contribution in [0.4, 0.5) is 0 Å². The number of hydrogen-bond donors (Lipinski definition) is 1. The number of hydrogen-bond acceptors (Lipinski definition) is 3. The van der Waals surface area contributed by atoms with Gasteiger partial charge in [-0.1, -0.05) is 0 Å². The molecule has 0 unspecified atom stereocenters. The normalized spacial score (nSPS) is 29.9. The summed E-state index contributed by atoms with van der Waals surface area (Å²) in [7, 11) is -1.10. The van der Waals surface area contributed by atoms with Gasteiger partial charge in [0.2, 0.25) is 0 Å². The minimum Gasteiger partial charge on any atom is -0.399 e. The summed E-state index contributed by atoms with van der Waals surface area (Å²) in [5.41, 5.74) is -2.09. The fraction of sp³-hybridized carbons (Fsp3) is 0.727. The van der Waals surface area contributed by atoms with E-state index in [2.05, 4.69) is 10.2 Å². The molecule has 0 amide bonds. The zero-order valence-corrected chi connectivity index (χ0v) is 9.84. The Hall–Kier alpha value is -0.805. The SMILES string of the molecule is [2H]C([2H])([2H])c1n[nH]c(C([2H])([2H])[2H])c1B1OC(C)(C)C(C)(C)O1. The molecule has 0 bridgehead atoms. The molecule has 0 saturated carbocycles. The smallest absolute Gasteiger partial charge is 0.399 e. The molecule has 2 heterocycles. The number of aryl methyl sites for hydroxylation is 2. The van der Waals surface area contributed by atoms with Crippen LogP contribution >= 0.6 is 0 Å². The highest BCUT2D eigenvalue weighted by Gasteiger charge is 2.52. The van der Waals surface area contributed by atoms with Crippen LogP contribution in [-0.4, -0.2) is 28.5 Å². The van der Waals surface area contributed by atoms with Gasteiger partial charge in [0.05, 0.1) is 16.9 Å². The van der Waals surface area contributed by atoms with Gasteiger partial charge in [0.25, 0.3) is 0 Å². The highest BCUT2D eigenvalue weighted by molar-refractivity contribution is 6.63. The van der Waals surface area contributed by atoms with Crippen molar-refractivity contribution in [2.24, 2.45) is 0 Å². The van der Waals surface area contributed by atoms with Gasteiger partial charge in [-0.25, -0.2) is 0 Å². The lowest BCUT2D eigenvalue weighted by molar-refractivity contribution is 0.00578. The summed E-state index contributed by atoms with van der Waals surface area (Å²) in [6, 6.07) is 0. The average Bonchev–Trinajstić information content (AvgIpc) is 2.76.